The zero-order valence-corrected chi connectivity index (χ0v) is 7.70. The average Bonchev–Trinajstić information content (AvgIpc) is 2.66. The van der Waals surface area contributed by atoms with Crippen LogP contribution in [0.2, 0.25) is 0 Å². The number of nitrogens with one attached hydrogen (secondary N) is 1. The summed E-state index contributed by atoms with van der Waals surface area (Å²) in [4.78, 5) is 10.8. The lowest BCUT2D eigenvalue weighted by Crippen LogP contribution is -2.17. The monoisotopic (exact) mass is 180 g/mol. The maximum Gasteiger partial charge on any atom is 0.239 e. The van der Waals surface area contributed by atoms with Crippen molar-refractivity contribution < 1.29 is 9.21 Å². The van der Waals surface area contributed by atoms with Crippen molar-refractivity contribution in [3.05, 3.63) is 24.2 Å². The van der Waals surface area contributed by atoms with Crippen molar-refractivity contribution in [1.29, 1.82) is 0 Å². The number of furan rings is 1. The fourth-order valence-electron chi connectivity index (χ4n) is 0.765. The van der Waals surface area contributed by atoms with Crippen molar-refractivity contribution in [2.45, 2.75) is 20.3 Å². The molecule has 0 aliphatic carbocycles. The van der Waals surface area contributed by atoms with Gasteiger partial charge in [-0.25, -0.2) is 5.43 Å². The van der Waals surface area contributed by atoms with E-state index in [1.807, 2.05) is 0 Å². The predicted octanol–water partition coefficient (Wildman–Crippen LogP) is 1.53. The molecule has 0 aliphatic heterocycles. The molecule has 1 rings (SSSR count). The van der Waals surface area contributed by atoms with Gasteiger partial charge in [0.05, 0.1) is 6.26 Å². The standard InChI is InChI=1S/C9H12N2O2/c1-3-9(12)11-10-7(2)8-5-4-6-13-8/h4-6H,3H2,1-2H3,(H,11,12)/b10-7+. The van der Waals surface area contributed by atoms with E-state index in [0.29, 0.717) is 17.9 Å². The van der Waals surface area contributed by atoms with E-state index >= 15 is 0 Å². The first-order valence-corrected chi connectivity index (χ1v) is 4.11. The minimum absolute atomic E-state index is 0.106. The molecule has 0 fully saturated rings. The van der Waals surface area contributed by atoms with Crippen molar-refractivity contribution in [2.75, 3.05) is 0 Å². The van der Waals surface area contributed by atoms with Gasteiger partial charge in [-0.1, -0.05) is 6.92 Å². The third-order valence-electron chi connectivity index (χ3n) is 1.55. The van der Waals surface area contributed by atoms with Gasteiger partial charge in [-0.15, -0.1) is 0 Å². The van der Waals surface area contributed by atoms with E-state index in [4.69, 9.17) is 4.42 Å². The summed E-state index contributed by atoms with van der Waals surface area (Å²) in [6.07, 6.45) is 1.99. The van der Waals surface area contributed by atoms with Crippen molar-refractivity contribution in [3.8, 4) is 0 Å². The average molecular weight is 180 g/mol. The van der Waals surface area contributed by atoms with E-state index in [1.165, 1.54) is 0 Å². The molecule has 0 aromatic carbocycles. The fraction of sp³-hybridized carbons (Fsp3) is 0.333. The molecule has 1 aromatic rings. The zero-order chi connectivity index (χ0) is 9.68. The molecular formula is C9H12N2O2. The number of hydrogen-bond donors (Lipinski definition) is 1. The normalized spacial score (nSPS) is 11.4. The van der Waals surface area contributed by atoms with Crippen LogP contribution >= 0.6 is 0 Å². The Bertz CT molecular complexity index is 301. The maximum absolute atomic E-state index is 10.8. The minimum Gasteiger partial charge on any atom is -0.463 e. The van der Waals surface area contributed by atoms with Gasteiger partial charge in [0.2, 0.25) is 5.91 Å². The Morgan fingerprint density at radius 1 is 1.69 bits per heavy atom. The molecule has 0 saturated carbocycles. The molecule has 0 radical (unpaired) electrons. The second kappa shape index (κ2) is 4.45. The Kier molecular flexibility index (Phi) is 3.25. The summed E-state index contributed by atoms with van der Waals surface area (Å²) in [5, 5.41) is 3.86. The fourth-order valence-corrected chi connectivity index (χ4v) is 0.765. The number of amides is 1. The van der Waals surface area contributed by atoms with E-state index in [9.17, 15) is 4.79 Å². The molecule has 0 atom stereocenters. The van der Waals surface area contributed by atoms with Gasteiger partial charge in [0.1, 0.15) is 11.5 Å². The van der Waals surface area contributed by atoms with Gasteiger partial charge in [0, 0.05) is 6.42 Å². The van der Waals surface area contributed by atoms with Crippen LogP contribution in [0.5, 0.6) is 0 Å². The van der Waals surface area contributed by atoms with Crippen LogP contribution in [-0.4, -0.2) is 11.6 Å². The molecule has 0 spiro atoms. The smallest absolute Gasteiger partial charge is 0.239 e. The molecule has 1 heterocycles. The van der Waals surface area contributed by atoms with Crippen LogP contribution < -0.4 is 5.43 Å². The number of carbonyl (C=O) groups is 1. The molecular weight excluding hydrogens is 168 g/mol. The van der Waals surface area contributed by atoms with Gasteiger partial charge in [-0.3, -0.25) is 4.79 Å². The van der Waals surface area contributed by atoms with Crippen LogP contribution in [0.1, 0.15) is 26.0 Å². The molecule has 1 N–H and O–H groups in total. The highest BCUT2D eigenvalue weighted by molar-refractivity contribution is 5.96. The van der Waals surface area contributed by atoms with Crippen molar-refractivity contribution in [1.82, 2.24) is 5.43 Å². The van der Waals surface area contributed by atoms with E-state index in [0.717, 1.165) is 0 Å². The van der Waals surface area contributed by atoms with Crippen LogP contribution in [0.4, 0.5) is 0 Å². The van der Waals surface area contributed by atoms with Crippen LogP contribution in [0.3, 0.4) is 0 Å². The Labute approximate surface area is 76.6 Å². The molecule has 13 heavy (non-hydrogen) atoms. The summed E-state index contributed by atoms with van der Waals surface area (Å²) in [6.45, 7) is 3.54. The number of nitrogens with zero attached hydrogens (tertiary/aromatic N) is 1. The molecule has 0 bridgehead atoms. The lowest BCUT2D eigenvalue weighted by molar-refractivity contribution is -0.120. The van der Waals surface area contributed by atoms with Crippen molar-refractivity contribution in [3.63, 3.8) is 0 Å². The summed E-state index contributed by atoms with van der Waals surface area (Å²) in [5.74, 6) is 0.558. The lowest BCUT2D eigenvalue weighted by Gasteiger charge is -1.97. The summed E-state index contributed by atoms with van der Waals surface area (Å²) in [7, 11) is 0. The van der Waals surface area contributed by atoms with Gasteiger partial charge >= 0.3 is 0 Å². The SMILES string of the molecule is CCC(=O)N/N=C(\C)c1ccco1. The van der Waals surface area contributed by atoms with E-state index in [1.54, 1.807) is 32.2 Å². The van der Waals surface area contributed by atoms with Crippen molar-refractivity contribution in [2.24, 2.45) is 5.10 Å². The van der Waals surface area contributed by atoms with Gasteiger partial charge in [0.15, 0.2) is 0 Å². The van der Waals surface area contributed by atoms with Gasteiger partial charge in [-0.05, 0) is 19.1 Å². The van der Waals surface area contributed by atoms with Crippen LogP contribution in [0.15, 0.2) is 27.9 Å². The molecule has 0 saturated heterocycles. The van der Waals surface area contributed by atoms with Gasteiger partial charge < -0.3 is 4.42 Å². The molecule has 0 unspecified atom stereocenters. The second-order valence-electron chi connectivity index (χ2n) is 2.56. The first-order valence-electron chi connectivity index (χ1n) is 4.11. The summed E-state index contributed by atoms with van der Waals surface area (Å²) < 4.78 is 5.08. The molecule has 1 amide bonds. The summed E-state index contributed by atoms with van der Waals surface area (Å²) in [5.41, 5.74) is 3.07. The number of carbonyl (C=O) groups excluding carboxylic acids is 1. The van der Waals surface area contributed by atoms with Gasteiger partial charge in [0.25, 0.3) is 0 Å². The topological polar surface area (TPSA) is 54.6 Å². The predicted molar refractivity (Wildman–Crippen MR) is 49.4 cm³/mol. The van der Waals surface area contributed by atoms with Crippen LogP contribution in [-0.2, 0) is 4.79 Å². The minimum atomic E-state index is -0.106. The highest BCUT2D eigenvalue weighted by Crippen LogP contribution is 2.00. The molecule has 4 nitrogen and oxygen atoms in total. The Hall–Kier alpha value is -1.58. The second-order valence-corrected chi connectivity index (χ2v) is 2.56. The maximum atomic E-state index is 10.8. The largest absolute Gasteiger partial charge is 0.463 e. The quantitative estimate of drug-likeness (QED) is 0.566. The Morgan fingerprint density at radius 2 is 2.46 bits per heavy atom. The first kappa shape index (κ1) is 9.51. The lowest BCUT2D eigenvalue weighted by atomic mass is 10.3. The summed E-state index contributed by atoms with van der Waals surface area (Å²) >= 11 is 0. The molecule has 70 valence electrons. The summed E-state index contributed by atoms with van der Waals surface area (Å²) in [6, 6.07) is 3.56. The van der Waals surface area contributed by atoms with Crippen LogP contribution in [0, 0.1) is 0 Å². The molecule has 4 heteroatoms. The number of hydrazone groups is 1. The highest BCUT2D eigenvalue weighted by Gasteiger charge is 2.00. The Morgan fingerprint density at radius 3 is 3.00 bits per heavy atom. The number of rotatable bonds is 3. The number of hydrogen-bond acceptors (Lipinski definition) is 3. The van der Waals surface area contributed by atoms with E-state index in [-0.39, 0.29) is 5.91 Å². The zero-order valence-electron chi connectivity index (χ0n) is 7.70. The van der Waals surface area contributed by atoms with Crippen molar-refractivity contribution >= 4 is 11.6 Å². The van der Waals surface area contributed by atoms with Gasteiger partial charge in [-0.2, -0.15) is 5.10 Å². The van der Waals surface area contributed by atoms with E-state index in [2.05, 4.69) is 10.5 Å². The van der Waals surface area contributed by atoms with Crippen LogP contribution in [0.25, 0.3) is 0 Å². The molecule has 1 aromatic heterocycles. The highest BCUT2D eigenvalue weighted by atomic mass is 16.3. The third kappa shape index (κ3) is 2.74. The first-order chi connectivity index (χ1) is 6.24. The third-order valence-corrected chi connectivity index (χ3v) is 1.55. The Balaban J connectivity index is 2.57. The van der Waals surface area contributed by atoms with E-state index < -0.39 is 0 Å². The molecule has 0 aliphatic rings.